The number of hydrogen-bond acceptors (Lipinski definition) is 4. The van der Waals surface area contributed by atoms with Gasteiger partial charge in [-0.2, -0.15) is 5.26 Å². The highest BCUT2D eigenvalue weighted by Crippen LogP contribution is 2.24. The van der Waals surface area contributed by atoms with Crippen LogP contribution in [0, 0.1) is 11.3 Å². The van der Waals surface area contributed by atoms with Gasteiger partial charge in [0.1, 0.15) is 17.5 Å². The van der Waals surface area contributed by atoms with Crippen LogP contribution in [-0.4, -0.2) is 21.6 Å². The first-order chi connectivity index (χ1) is 9.81. The van der Waals surface area contributed by atoms with E-state index in [0.29, 0.717) is 12.3 Å². The molecule has 20 heavy (non-hydrogen) atoms. The zero-order chi connectivity index (χ0) is 14.4. The van der Waals surface area contributed by atoms with Crippen molar-refractivity contribution in [2.24, 2.45) is 0 Å². The average molecular weight is 270 g/mol. The van der Waals surface area contributed by atoms with Crippen LogP contribution in [0.2, 0.25) is 0 Å². The lowest BCUT2D eigenvalue weighted by atomic mass is 10.2. The maximum Gasteiger partial charge on any atom is 0.186 e. The van der Waals surface area contributed by atoms with Crippen molar-refractivity contribution in [1.82, 2.24) is 15.0 Å². The van der Waals surface area contributed by atoms with Crippen LogP contribution < -0.4 is 4.74 Å². The lowest BCUT2D eigenvalue weighted by Gasteiger charge is -2.12. The molecule has 0 radical (unpaired) electrons. The molecule has 0 aliphatic rings. The summed E-state index contributed by atoms with van der Waals surface area (Å²) in [4.78, 5) is 0. The van der Waals surface area contributed by atoms with Crippen LogP contribution in [0.3, 0.4) is 0 Å². The number of para-hydroxylation sites is 2. The van der Waals surface area contributed by atoms with E-state index >= 15 is 0 Å². The van der Waals surface area contributed by atoms with E-state index in [-0.39, 0.29) is 0 Å². The van der Waals surface area contributed by atoms with Crippen LogP contribution in [0.4, 0.5) is 0 Å². The molecule has 0 fully saturated rings. The second kappa shape index (κ2) is 6.71. The van der Waals surface area contributed by atoms with E-state index in [2.05, 4.69) is 30.2 Å². The third kappa shape index (κ3) is 2.80. The lowest BCUT2D eigenvalue weighted by Crippen LogP contribution is -2.06. The Balaban J connectivity index is 2.46. The van der Waals surface area contributed by atoms with E-state index in [1.807, 2.05) is 24.3 Å². The first kappa shape index (κ1) is 14.1. The monoisotopic (exact) mass is 270 g/mol. The molecule has 2 aromatic rings. The van der Waals surface area contributed by atoms with Gasteiger partial charge in [0, 0.05) is 0 Å². The van der Waals surface area contributed by atoms with Crippen LogP contribution in [0.1, 0.15) is 38.1 Å². The number of aromatic nitrogens is 3. The largest absolute Gasteiger partial charge is 0.491 e. The highest BCUT2D eigenvalue weighted by Gasteiger charge is 2.15. The minimum atomic E-state index is 0.386. The van der Waals surface area contributed by atoms with Crippen LogP contribution in [0.15, 0.2) is 24.3 Å². The Hall–Kier alpha value is -2.35. The molecule has 0 atom stereocenters. The van der Waals surface area contributed by atoms with Gasteiger partial charge in [-0.1, -0.05) is 37.6 Å². The minimum absolute atomic E-state index is 0.386. The Bertz CT molecular complexity index is 613. The van der Waals surface area contributed by atoms with E-state index in [1.54, 1.807) is 4.68 Å². The van der Waals surface area contributed by atoms with Gasteiger partial charge in [0.15, 0.2) is 5.69 Å². The number of benzene rings is 1. The molecule has 0 bridgehead atoms. The Labute approximate surface area is 118 Å². The van der Waals surface area contributed by atoms with Crippen LogP contribution in [0.25, 0.3) is 5.69 Å². The summed E-state index contributed by atoms with van der Waals surface area (Å²) in [6.07, 6.45) is 2.63. The van der Waals surface area contributed by atoms with Gasteiger partial charge in [-0.25, -0.2) is 4.68 Å². The van der Waals surface area contributed by atoms with Crippen molar-refractivity contribution < 1.29 is 4.74 Å². The molecule has 104 valence electrons. The van der Waals surface area contributed by atoms with E-state index in [1.165, 1.54) is 0 Å². The molecule has 0 N–H and O–H groups in total. The zero-order valence-corrected chi connectivity index (χ0v) is 11.8. The third-order valence-corrected chi connectivity index (χ3v) is 2.91. The molecule has 2 rings (SSSR count). The molecule has 1 heterocycles. The lowest BCUT2D eigenvalue weighted by molar-refractivity contribution is 0.315. The normalized spacial score (nSPS) is 10.2. The number of rotatable bonds is 6. The second-order valence-corrected chi connectivity index (χ2v) is 4.47. The van der Waals surface area contributed by atoms with E-state index in [0.717, 1.165) is 36.4 Å². The van der Waals surface area contributed by atoms with Crippen molar-refractivity contribution in [3.05, 3.63) is 35.7 Å². The van der Waals surface area contributed by atoms with Crippen molar-refractivity contribution in [3.8, 4) is 17.5 Å². The third-order valence-electron chi connectivity index (χ3n) is 2.91. The van der Waals surface area contributed by atoms with Crippen LogP contribution in [0.5, 0.6) is 5.75 Å². The van der Waals surface area contributed by atoms with Gasteiger partial charge in [0.25, 0.3) is 0 Å². The SMILES string of the molecule is CCCOc1ccccc1-n1nnc(C#N)c1CCC. The molecule has 0 spiro atoms. The van der Waals surface area contributed by atoms with Crippen molar-refractivity contribution in [1.29, 1.82) is 5.26 Å². The zero-order valence-electron chi connectivity index (χ0n) is 11.8. The van der Waals surface area contributed by atoms with Gasteiger partial charge in [-0.15, -0.1) is 5.10 Å². The molecule has 0 amide bonds. The number of hydrogen-bond donors (Lipinski definition) is 0. The molecule has 0 aliphatic carbocycles. The molecule has 1 aromatic carbocycles. The van der Waals surface area contributed by atoms with E-state index in [9.17, 15) is 0 Å². The van der Waals surface area contributed by atoms with Crippen molar-refractivity contribution >= 4 is 0 Å². The standard InChI is InChI=1S/C15H18N4O/c1-3-7-13-12(11-16)17-18-19(13)14-8-5-6-9-15(14)20-10-4-2/h5-6,8-9H,3-4,7,10H2,1-2H3. The second-order valence-electron chi connectivity index (χ2n) is 4.47. The van der Waals surface area contributed by atoms with Crippen LogP contribution >= 0.6 is 0 Å². The molecule has 0 unspecified atom stereocenters. The highest BCUT2D eigenvalue weighted by molar-refractivity contribution is 5.48. The van der Waals surface area contributed by atoms with E-state index in [4.69, 9.17) is 10.00 Å². The quantitative estimate of drug-likeness (QED) is 0.809. The molecule has 5 nitrogen and oxygen atoms in total. The smallest absolute Gasteiger partial charge is 0.186 e. The fraction of sp³-hybridized carbons (Fsp3) is 0.400. The maximum absolute atomic E-state index is 9.12. The summed E-state index contributed by atoms with van der Waals surface area (Å²) in [6.45, 7) is 4.78. The molecule has 0 saturated carbocycles. The van der Waals surface area contributed by atoms with Crippen LogP contribution in [-0.2, 0) is 6.42 Å². The van der Waals surface area contributed by atoms with Gasteiger partial charge in [0.05, 0.1) is 12.3 Å². The molecular formula is C15H18N4O. The summed E-state index contributed by atoms with van der Waals surface area (Å²) in [6, 6.07) is 9.79. The minimum Gasteiger partial charge on any atom is -0.491 e. The number of nitriles is 1. The first-order valence-corrected chi connectivity index (χ1v) is 6.88. The molecule has 5 heteroatoms. The highest BCUT2D eigenvalue weighted by atomic mass is 16.5. The molecule has 0 aliphatic heterocycles. The summed E-state index contributed by atoms with van der Waals surface area (Å²) in [5.74, 6) is 0.765. The Morgan fingerprint density at radius 1 is 1.25 bits per heavy atom. The number of ether oxygens (including phenoxy) is 1. The van der Waals surface area contributed by atoms with Crippen molar-refractivity contribution in [2.45, 2.75) is 33.1 Å². The summed E-state index contributed by atoms with van der Waals surface area (Å²) < 4.78 is 7.46. The van der Waals surface area contributed by atoms with Crippen molar-refractivity contribution in [2.75, 3.05) is 6.61 Å². The summed E-state index contributed by atoms with van der Waals surface area (Å²) in [5, 5.41) is 17.2. The average Bonchev–Trinajstić information content (AvgIpc) is 2.88. The fourth-order valence-corrected chi connectivity index (χ4v) is 2.01. The first-order valence-electron chi connectivity index (χ1n) is 6.88. The van der Waals surface area contributed by atoms with E-state index < -0.39 is 0 Å². The predicted octanol–water partition coefficient (Wildman–Crippen LogP) is 2.88. The summed E-state index contributed by atoms with van der Waals surface area (Å²) in [5.41, 5.74) is 2.05. The van der Waals surface area contributed by atoms with Gasteiger partial charge in [-0.3, -0.25) is 0 Å². The summed E-state index contributed by atoms with van der Waals surface area (Å²) >= 11 is 0. The topological polar surface area (TPSA) is 63.7 Å². The molecule has 0 saturated heterocycles. The Morgan fingerprint density at radius 2 is 2.05 bits per heavy atom. The Kier molecular flexibility index (Phi) is 4.72. The molecular weight excluding hydrogens is 252 g/mol. The summed E-state index contributed by atoms with van der Waals surface area (Å²) in [7, 11) is 0. The van der Waals surface area contributed by atoms with Crippen molar-refractivity contribution in [3.63, 3.8) is 0 Å². The van der Waals surface area contributed by atoms with Gasteiger partial charge >= 0.3 is 0 Å². The number of nitrogens with zero attached hydrogens (tertiary/aromatic N) is 4. The van der Waals surface area contributed by atoms with Gasteiger partial charge in [0.2, 0.25) is 0 Å². The predicted molar refractivity (Wildman–Crippen MR) is 75.9 cm³/mol. The maximum atomic E-state index is 9.12. The van der Waals surface area contributed by atoms with Gasteiger partial charge in [-0.05, 0) is 25.0 Å². The fourth-order valence-electron chi connectivity index (χ4n) is 2.01. The Morgan fingerprint density at radius 3 is 2.75 bits per heavy atom. The van der Waals surface area contributed by atoms with Gasteiger partial charge < -0.3 is 4.74 Å². The molecule has 1 aromatic heterocycles.